The van der Waals surface area contributed by atoms with E-state index in [2.05, 4.69) is 10.3 Å². The van der Waals surface area contributed by atoms with Gasteiger partial charge in [0.05, 0.1) is 24.9 Å². The molecule has 5 heteroatoms. The highest BCUT2D eigenvalue weighted by atomic mass is 16.5. The normalized spacial score (nSPS) is 10.2. The van der Waals surface area contributed by atoms with Gasteiger partial charge in [-0.05, 0) is 43.2 Å². The second kappa shape index (κ2) is 6.74. The maximum absolute atomic E-state index is 11.8. The van der Waals surface area contributed by atoms with Crippen LogP contribution in [0.15, 0.2) is 36.5 Å². The Bertz CT molecular complexity index is 641. The van der Waals surface area contributed by atoms with Crippen molar-refractivity contribution in [2.75, 3.05) is 17.7 Å². The van der Waals surface area contributed by atoms with Crippen molar-refractivity contribution in [3.8, 4) is 5.75 Å². The fraction of sp³-hybridized carbons (Fsp3) is 0.250. The Balaban J connectivity index is 1.82. The molecular formula is C16H19N3O2. The Morgan fingerprint density at radius 1 is 1.33 bits per heavy atom. The van der Waals surface area contributed by atoms with Crippen LogP contribution in [0.25, 0.3) is 0 Å². The van der Waals surface area contributed by atoms with Crippen LogP contribution >= 0.6 is 0 Å². The van der Waals surface area contributed by atoms with Crippen molar-refractivity contribution >= 4 is 17.4 Å². The molecular weight excluding hydrogens is 266 g/mol. The molecule has 1 aromatic carbocycles. The standard InChI is InChI=1S/C16H19N3O2/c1-11-4-3-5-14(8-11)21-7-6-15(20)19-16-12(2)9-13(17)10-18-16/h3-5,8-10H,6-7,17H2,1-2H3,(H,18,19,20). The number of nitrogens with one attached hydrogen (secondary N) is 1. The van der Waals surface area contributed by atoms with E-state index in [4.69, 9.17) is 10.5 Å². The van der Waals surface area contributed by atoms with Crippen molar-refractivity contribution in [1.29, 1.82) is 0 Å². The maximum Gasteiger partial charge on any atom is 0.228 e. The van der Waals surface area contributed by atoms with Crippen LogP contribution in [0.5, 0.6) is 5.75 Å². The molecule has 0 radical (unpaired) electrons. The third-order valence-electron chi connectivity index (χ3n) is 2.94. The number of nitrogens with zero attached hydrogens (tertiary/aromatic N) is 1. The van der Waals surface area contributed by atoms with Crippen LogP contribution in [0.1, 0.15) is 17.5 Å². The highest BCUT2D eigenvalue weighted by molar-refractivity contribution is 5.90. The summed E-state index contributed by atoms with van der Waals surface area (Å²) in [6.07, 6.45) is 1.78. The zero-order valence-electron chi connectivity index (χ0n) is 12.2. The molecule has 2 aromatic rings. The van der Waals surface area contributed by atoms with Crippen LogP contribution in [0, 0.1) is 13.8 Å². The second-order valence-corrected chi connectivity index (χ2v) is 4.90. The SMILES string of the molecule is Cc1cccc(OCCC(=O)Nc2ncc(N)cc2C)c1. The van der Waals surface area contributed by atoms with Gasteiger partial charge in [0.15, 0.2) is 0 Å². The number of aromatic nitrogens is 1. The lowest BCUT2D eigenvalue weighted by Gasteiger charge is -2.09. The first-order chi connectivity index (χ1) is 10.0. The Kier molecular flexibility index (Phi) is 4.77. The summed E-state index contributed by atoms with van der Waals surface area (Å²) >= 11 is 0. The molecule has 0 aliphatic carbocycles. The van der Waals surface area contributed by atoms with Gasteiger partial charge in [0.1, 0.15) is 11.6 Å². The molecule has 0 fully saturated rings. The Hall–Kier alpha value is -2.56. The quantitative estimate of drug-likeness (QED) is 0.885. The van der Waals surface area contributed by atoms with Gasteiger partial charge in [-0.2, -0.15) is 0 Å². The highest BCUT2D eigenvalue weighted by Crippen LogP contribution is 2.15. The molecule has 3 N–H and O–H groups in total. The van der Waals surface area contributed by atoms with Crippen molar-refractivity contribution in [2.24, 2.45) is 0 Å². The summed E-state index contributed by atoms with van der Waals surface area (Å²) in [6, 6.07) is 9.49. The van der Waals surface area contributed by atoms with Gasteiger partial charge in [-0.3, -0.25) is 4.79 Å². The van der Waals surface area contributed by atoms with Crippen molar-refractivity contribution in [3.05, 3.63) is 47.7 Å². The van der Waals surface area contributed by atoms with Gasteiger partial charge in [0.25, 0.3) is 0 Å². The summed E-state index contributed by atoms with van der Waals surface area (Å²) in [5.41, 5.74) is 8.16. The molecule has 0 aliphatic rings. The number of hydrogen-bond donors (Lipinski definition) is 2. The van der Waals surface area contributed by atoms with E-state index in [-0.39, 0.29) is 12.3 Å². The lowest BCUT2D eigenvalue weighted by molar-refractivity contribution is -0.116. The smallest absolute Gasteiger partial charge is 0.228 e. The predicted octanol–water partition coefficient (Wildman–Crippen LogP) is 2.69. The summed E-state index contributed by atoms with van der Waals surface area (Å²) in [5.74, 6) is 1.16. The van der Waals surface area contributed by atoms with Gasteiger partial charge in [-0.15, -0.1) is 0 Å². The van der Waals surface area contributed by atoms with Crippen LogP contribution in [0.3, 0.4) is 0 Å². The molecule has 0 unspecified atom stereocenters. The van der Waals surface area contributed by atoms with Crippen molar-refractivity contribution in [3.63, 3.8) is 0 Å². The van der Waals surface area contributed by atoms with E-state index < -0.39 is 0 Å². The number of anilines is 2. The monoisotopic (exact) mass is 285 g/mol. The van der Waals surface area contributed by atoms with Gasteiger partial charge >= 0.3 is 0 Å². The Morgan fingerprint density at radius 2 is 2.14 bits per heavy atom. The van der Waals surface area contributed by atoms with Crippen LogP contribution in [-0.2, 0) is 4.79 Å². The Morgan fingerprint density at radius 3 is 2.86 bits per heavy atom. The summed E-state index contributed by atoms with van der Waals surface area (Å²) in [4.78, 5) is 15.9. The molecule has 21 heavy (non-hydrogen) atoms. The fourth-order valence-electron chi connectivity index (χ4n) is 1.89. The number of amides is 1. The fourth-order valence-corrected chi connectivity index (χ4v) is 1.89. The summed E-state index contributed by atoms with van der Waals surface area (Å²) in [5, 5.41) is 2.75. The third-order valence-corrected chi connectivity index (χ3v) is 2.94. The molecule has 1 amide bonds. The van der Waals surface area contributed by atoms with Gasteiger partial charge in [-0.25, -0.2) is 4.98 Å². The van der Waals surface area contributed by atoms with Gasteiger partial charge in [-0.1, -0.05) is 12.1 Å². The topological polar surface area (TPSA) is 77.2 Å². The van der Waals surface area contributed by atoms with Crippen LogP contribution in [-0.4, -0.2) is 17.5 Å². The molecule has 0 spiro atoms. The number of nitrogen functional groups attached to an aromatic ring is 1. The zero-order chi connectivity index (χ0) is 15.2. The van der Waals surface area contributed by atoms with Crippen molar-refractivity contribution < 1.29 is 9.53 Å². The number of benzene rings is 1. The van der Waals surface area contributed by atoms with Crippen LogP contribution < -0.4 is 15.8 Å². The lowest BCUT2D eigenvalue weighted by Crippen LogP contribution is -2.16. The predicted molar refractivity (Wildman–Crippen MR) is 83.3 cm³/mol. The summed E-state index contributed by atoms with van der Waals surface area (Å²) in [7, 11) is 0. The molecule has 0 saturated carbocycles. The van der Waals surface area contributed by atoms with Crippen molar-refractivity contribution in [1.82, 2.24) is 4.98 Å². The minimum Gasteiger partial charge on any atom is -0.493 e. The average Bonchev–Trinajstić information content (AvgIpc) is 2.42. The lowest BCUT2D eigenvalue weighted by atomic mass is 10.2. The number of carbonyl (C=O) groups is 1. The first kappa shape index (κ1) is 14.8. The van der Waals surface area contributed by atoms with Crippen LogP contribution in [0.2, 0.25) is 0 Å². The first-order valence-corrected chi connectivity index (χ1v) is 6.76. The summed E-state index contributed by atoms with van der Waals surface area (Å²) < 4.78 is 5.54. The number of aryl methyl sites for hydroxylation is 2. The van der Waals surface area contributed by atoms with E-state index in [1.54, 1.807) is 6.07 Å². The number of nitrogens with two attached hydrogens (primary N) is 1. The second-order valence-electron chi connectivity index (χ2n) is 4.90. The Labute approximate surface area is 124 Å². The van der Waals surface area contributed by atoms with E-state index in [9.17, 15) is 4.79 Å². The van der Waals surface area contributed by atoms with E-state index >= 15 is 0 Å². The van der Waals surface area contributed by atoms with E-state index in [1.165, 1.54) is 6.20 Å². The molecule has 0 bridgehead atoms. The van der Waals surface area contributed by atoms with E-state index in [0.717, 1.165) is 16.9 Å². The maximum atomic E-state index is 11.8. The minimum atomic E-state index is -0.136. The first-order valence-electron chi connectivity index (χ1n) is 6.76. The number of hydrogen-bond acceptors (Lipinski definition) is 4. The molecule has 0 atom stereocenters. The molecule has 1 heterocycles. The third kappa shape index (κ3) is 4.49. The van der Waals surface area contributed by atoms with Crippen LogP contribution in [0.4, 0.5) is 11.5 Å². The van der Waals surface area contributed by atoms with Crippen molar-refractivity contribution in [2.45, 2.75) is 20.3 Å². The number of carbonyl (C=O) groups excluding carboxylic acids is 1. The van der Waals surface area contributed by atoms with Gasteiger partial charge < -0.3 is 15.8 Å². The average molecular weight is 285 g/mol. The van der Waals surface area contributed by atoms with Gasteiger partial charge in [0.2, 0.25) is 5.91 Å². The number of pyridine rings is 1. The molecule has 2 rings (SSSR count). The number of ether oxygens (including phenoxy) is 1. The van der Waals surface area contributed by atoms with Gasteiger partial charge in [0, 0.05) is 0 Å². The minimum absolute atomic E-state index is 0.136. The van der Waals surface area contributed by atoms with E-state index in [0.29, 0.717) is 18.1 Å². The van der Waals surface area contributed by atoms with E-state index in [1.807, 2.05) is 38.1 Å². The molecule has 0 saturated heterocycles. The molecule has 5 nitrogen and oxygen atoms in total. The summed E-state index contributed by atoms with van der Waals surface area (Å²) in [6.45, 7) is 4.17. The molecule has 0 aliphatic heterocycles. The number of rotatable bonds is 5. The highest BCUT2D eigenvalue weighted by Gasteiger charge is 2.06. The largest absolute Gasteiger partial charge is 0.493 e. The molecule has 1 aromatic heterocycles. The zero-order valence-corrected chi connectivity index (χ0v) is 12.2. The molecule has 110 valence electrons.